The van der Waals surface area contributed by atoms with Gasteiger partial charge in [-0.05, 0) is 37.6 Å². The normalized spacial score (nSPS) is 28.1. The average Bonchev–Trinajstić information content (AvgIpc) is 3.12. The van der Waals surface area contributed by atoms with Crippen LogP contribution in [0.3, 0.4) is 0 Å². The van der Waals surface area contributed by atoms with Gasteiger partial charge in [-0.2, -0.15) is 0 Å². The number of halogens is 1. The molecule has 3 heterocycles. The number of benzene rings is 1. The molecular formula is C22H31ClN4O3. The van der Waals surface area contributed by atoms with Crippen molar-refractivity contribution < 1.29 is 14.3 Å². The maximum atomic E-state index is 12.9. The molecule has 0 radical (unpaired) electrons. The molecule has 0 aliphatic carbocycles. The van der Waals surface area contributed by atoms with Gasteiger partial charge in [0.15, 0.2) is 0 Å². The number of ether oxygens (including phenoxy) is 1. The molecule has 3 saturated heterocycles. The molecule has 3 fully saturated rings. The third kappa shape index (κ3) is 4.80. The van der Waals surface area contributed by atoms with E-state index in [1.165, 1.54) is 0 Å². The molecule has 3 atom stereocenters. The van der Waals surface area contributed by atoms with Crippen LogP contribution in [0.4, 0.5) is 0 Å². The molecule has 0 aromatic heterocycles. The van der Waals surface area contributed by atoms with Crippen molar-refractivity contribution in [2.24, 2.45) is 0 Å². The van der Waals surface area contributed by atoms with Crippen LogP contribution in [0.2, 0.25) is 5.02 Å². The van der Waals surface area contributed by atoms with E-state index in [4.69, 9.17) is 16.3 Å². The molecule has 7 nitrogen and oxygen atoms in total. The molecule has 3 aliphatic heterocycles. The van der Waals surface area contributed by atoms with E-state index in [0.29, 0.717) is 45.8 Å². The van der Waals surface area contributed by atoms with Crippen LogP contribution < -0.4 is 5.32 Å². The van der Waals surface area contributed by atoms with Crippen molar-refractivity contribution in [3.8, 4) is 0 Å². The fourth-order valence-electron chi connectivity index (χ4n) is 4.96. The number of hydrogen-bond donors (Lipinski definition) is 1. The van der Waals surface area contributed by atoms with Crippen molar-refractivity contribution in [1.82, 2.24) is 20.0 Å². The molecular weight excluding hydrogens is 404 g/mol. The SMILES string of the molecule is CN1[C@@H](CCC(=O)N2CCOCC2)CNC(=O)[C@@H]2[C@H]1CCN2Cc1cccc(Cl)c1. The fraction of sp³-hybridized carbons (Fsp3) is 0.636. The summed E-state index contributed by atoms with van der Waals surface area (Å²) < 4.78 is 5.33. The Morgan fingerprint density at radius 2 is 2.07 bits per heavy atom. The molecule has 164 valence electrons. The zero-order valence-corrected chi connectivity index (χ0v) is 18.3. The maximum absolute atomic E-state index is 12.9. The van der Waals surface area contributed by atoms with Crippen molar-refractivity contribution >= 4 is 23.4 Å². The number of nitrogens with one attached hydrogen (secondary N) is 1. The summed E-state index contributed by atoms with van der Waals surface area (Å²) in [6.07, 6.45) is 2.21. The number of amides is 2. The Kier molecular flexibility index (Phi) is 6.93. The molecule has 1 N–H and O–H groups in total. The lowest BCUT2D eigenvalue weighted by Crippen LogP contribution is -2.49. The summed E-state index contributed by atoms with van der Waals surface area (Å²) in [5.41, 5.74) is 1.12. The Balaban J connectivity index is 1.38. The summed E-state index contributed by atoms with van der Waals surface area (Å²) >= 11 is 6.14. The first kappa shape index (κ1) is 21.6. The van der Waals surface area contributed by atoms with E-state index in [-0.39, 0.29) is 29.9 Å². The van der Waals surface area contributed by atoms with Crippen LogP contribution in [-0.4, -0.2) is 91.1 Å². The Hall–Kier alpha value is -1.67. The first-order chi connectivity index (χ1) is 14.5. The predicted molar refractivity (Wildman–Crippen MR) is 115 cm³/mol. The largest absolute Gasteiger partial charge is 0.378 e. The zero-order chi connectivity index (χ0) is 21.1. The molecule has 8 heteroatoms. The highest BCUT2D eigenvalue weighted by Crippen LogP contribution is 2.29. The lowest BCUT2D eigenvalue weighted by Gasteiger charge is -2.33. The van der Waals surface area contributed by atoms with Crippen LogP contribution >= 0.6 is 11.6 Å². The maximum Gasteiger partial charge on any atom is 0.239 e. The molecule has 2 amide bonds. The van der Waals surface area contributed by atoms with Crippen molar-refractivity contribution in [3.05, 3.63) is 34.9 Å². The Labute approximate surface area is 183 Å². The second-order valence-electron chi connectivity index (χ2n) is 8.50. The summed E-state index contributed by atoms with van der Waals surface area (Å²) in [6, 6.07) is 7.99. The van der Waals surface area contributed by atoms with Crippen LogP contribution in [0.15, 0.2) is 24.3 Å². The Morgan fingerprint density at radius 3 is 2.83 bits per heavy atom. The van der Waals surface area contributed by atoms with E-state index in [2.05, 4.69) is 28.2 Å². The molecule has 0 spiro atoms. The van der Waals surface area contributed by atoms with E-state index in [1.807, 2.05) is 23.1 Å². The number of carbonyl (C=O) groups is 2. The summed E-state index contributed by atoms with van der Waals surface area (Å²) in [4.78, 5) is 32.0. The predicted octanol–water partition coefficient (Wildman–Crippen LogP) is 1.35. The molecule has 0 bridgehead atoms. The number of fused-ring (bicyclic) bond motifs is 1. The second kappa shape index (κ2) is 9.64. The van der Waals surface area contributed by atoms with Crippen LogP contribution in [0, 0.1) is 0 Å². The van der Waals surface area contributed by atoms with Crippen molar-refractivity contribution in [2.75, 3.05) is 46.4 Å². The van der Waals surface area contributed by atoms with E-state index in [9.17, 15) is 9.59 Å². The topological polar surface area (TPSA) is 65.1 Å². The van der Waals surface area contributed by atoms with Gasteiger partial charge >= 0.3 is 0 Å². The van der Waals surface area contributed by atoms with Gasteiger partial charge < -0.3 is 15.0 Å². The number of hydrogen-bond acceptors (Lipinski definition) is 5. The molecule has 0 unspecified atom stereocenters. The first-order valence-corrected chi connectivity index (χ1v) is 11.2. The lowest BCUT2D eigenvalue weighted by atomic mass is 10.0. The van der Waals surface area contributed by atoms with Crippen molar-refractivity contribution in [1.29, 1.82) is 0 Å². The third-order valence-corrected chi connectivity index (χ3v) is 6.91. The standard InChI is InChI=1S/C22H31ClN4O3/c1-25-18(5-6-20(28)26-9-11-30-12-10-26)14-24-22(29)21-19(25)7-8-27(21)15-16-3-2-4-17(23)13-16/h2-4,13,18-19,21H,5-12,14-15H2,1H3,(H,24,29)/t18-,19+,21-/m0/s1. The van der Waals surface area contributed by atoms with Gasteiger partial charge in [0, 0.05) is 56.3 Å². The number of likely N-dealkylation sites (tertiary alicyclic amines) is 1. The summed E-state index contributed by atoms with van der Waals surface area (Å²) in [7, 11) is 2.10. The second-order valence-corrected chi connectivity index (χ2v) is 8.93. The number of likely N-dealkylation sites (N-methyl/N-ethyl adjacent to an activating group) is 1. The minimum absolute atomic E-state index is 0.0911. The molecule has 3 aliphatic rings. The molecule has 1 aromatic rings. The zero-order valence-electron chi connectivity index (χ0n) is 17.6. The summed E-state index contributed by atoms with van der Waals surface area (Å²) in [6.45, 7) is 4.78. The quantitative estimate of drug-likeness (QED) is 0.757. The van der Waals surface area contributed by atoms with E-state index in [0.717, 1.165) is 30.0 Å². The van der Waals surface area contributed by atoms with E-state index < -0.39 is 0 Å². The fourth-order valence-corrected chi connectivity index (χ4v) is 5.17. The molecule has 4 rings (SSSR count). The van der Waals surface area contributed by atoms with Crippen molar-refractivity contribution in [3.63, 3.8) is 0 Å². The van der Waals surface area contributed by atoms with Gasteiger partial charge in [0.05, 0.1) is 13.2 Å². The third-order valence-electron chi connectivity index (χ3n) is 6.68. The van der Waals surface area contributed by atoms with E-state index >= 15 is 0 Å². The first-order valence-electron chi connectivity index (χ1n) is 10.9. The summed E-state index contributed by atoms with van der Waals surface area (Å²) in [5.74, 6) is 0.279. The van der Waals surface area contributed by atoms with Crippen LogP contribution in [0.1, 0.15) is 24.8 Å². The molecule has 1 aromatic carbocycles. The Bertz CT molecular complexity index is 771. The number of morpholine rings is 1. The van der Waals surface area contributed by atoms with Crippen LogP contribution in [0.5, 0.6) is 0 Å². The van der Waals surface area contributed by atoms with Gasteiger partial charge in [0.25, 0.3) is 0 Å². The monoisotopic (exact) mass is 434 g/mol. The number of rotatable bonds is 5. The van der Waals surface area contributed by atoms with Crippen molar-refractivity contribution in [2.45, 2.75) is 43.9 Å². The van der Waals surface area contributed by atoms with Gasteiger partial charge in [-0.15, -0.1) is 0 Å². The van der Waals surface area contributed by atoms with Gasteiger partial charge in [0.1, 0.15) is 6.04 Å². The molecule has 30 heavy (non-hydrogen) atoms. The minimum Gasteiger partial charge on any atom is -0.378 e. The average molecular weight is 435 g/mol. The molecule has 0 saturated carbocycles. The van der Waals surface area contributed by atoms with Gasteiger partial charge in [-0.3, -0.25) is 19.4 Å². The van der Waals surface area contributed by atoms with Gasteiger partial charge in [-0.1, -0.05) is 23.7 Å². The van der Waals surface area contributed by atoms with Gasteiger partial charge in [-0.25, -0.2) is 0 Å². The highest BCUT2D eigenvalue weighted by Gasteiger charge is 2.44. The smallest absolute Gasteiger partial charge is 0.239 e. The van der Waals surface area contributed by atoms with Crippen LogP contribution in [-0.2, 0) is 20.9 Å². The van der Waals surface area contributed by atoms with E-state index in [1.54, 1.807) is 0 Å². The highest BCUT2D eigenvalue weighted by atomic mass is 35.5. The Morgan fingerprint density at radius 1 is 1.27 bits per heavy atom. The highest BCUT2D eigenvalue weighted by molar-refractivity contribution is 6.30. The number of carbonyl (C=O) groups excluding carboxylic acids is 2. The number of nitrogens with zero attached hydrogens (tertiary/aromatic N) is 3. The minimum atomic E-state index is -0.172. The lowest BCUT2D eigenvalue weighted by molar-refractivity contribution is -0.135. The summed E-state index contributed by atoms with van der Waals surface area (Å²) in [5, 5.41) is 3.85. The van der Waals surface area contributed by atoms with Gasteiger partial charge in [0.2, 0.25) is 11.8 Å². The van der Waals surface area contributed by atoms with Crippen LogP contribution in [0.25, 0.3) is 0 Å².